The Kier molecular flexibility index (Phi) is 8.85. The monoisotopic (exact) mass is 322 g/mol. The molecule has 0 saturated carbocycles. The average molecular weight is 323 g/mol. The fourth-order valence-electron chi connectivity index (χ4n) is 2.60. The molecule has 0 spiro atoms. The number of nitrogens with two attached hydrogens (primary N) is 1. The number of rotatable bonds is 4. The molecule has 1 aliphatic heterocycles. The fraction of sp³-hybridized carbons (Fsp3) is 0.692. The molecule has 5 nitrogen and oxygen atoms in total. The molecule has 2 N–H and O–H groups in total. The van der Waals surface area contributed by atoms with E-state index in [1.807, 2.05) is 22.6 Å². The smallest absolute Gasteiger partial charge is 0.224 e. The molecule has 2 atom stereocenters. The summed E-state index contributed by atoms with van der Waals surface area (Å²) >= 11 is 0. The minimum absolute atomic E-state index is 0. The number of carbonyl (C=O) groups is 1. The number of aryl methyl sites for hydroxylation is 1. The van der Waals surface area contributed by atoms with Crippen LogP contribution in [-0.4, -0.2) is 39.0 Å². The van der Waals surface area contributed by atoms with E-state index in [0.29, 0.717) is 13.0 Å². The summed E-state index contributed by atoms with van der Waals surface area (Å²) < 4.78 is 1.93. The minimum atomic E-state index is 0. The summed E-state index contributed by atoms with van der Waals surface area (Å²) in [6.07, 6.45) is 9.20. The van der Waals surface area contributed by atoms with Crippen LogP contribution >= 0.6 is 24.8 Å². The lowest BCUT2D eigenvalue weighted by atomic mass is 9.96. The molecule has 1 amide bonds. The topological polar surface area (TPSA) is 64.2 Å². The number of nitrogens with zero attached hydrogens (tertiary/aromatic N) is 3. The van der Waals surface area contributed by atoms with Gasteiger partial charge in [0.1, 0.15) is 0 Å². The Balaban J connectivity index is 0.00000180. The van der Waals surface area contributed by atoms with Gasteiger partial charge in [-0.1, -0.05) is 0 Å². The number of imidazole rings is 1. The van der Waals surface area contributed by atoms with Crippen LogP contribution in [-0.2, 0) is 11.3 Å². The van der Waals surface area contributed by atoms with Crippen LogP contribution in [0.5, 0.6) is 0 Å². The minimum Gasteiger partial charge on any atom is -0.338 e. The standard InChI is InChI=1S/C13H22N4O.2ClH/c1-11(14)12-4-2-3-7-17(12)13(18)5-8-16-9-6-15-10-16;;/h6,9-12H,2-5,7-8,14H2,1H3;2*1H. The van der Waals surface area contributed by atoms with Gasteiger partial charge >= 0.3 is 0 Å². The molecule has 1 saturated heterocycles. The van der Waals surface area contributed by atoms with Gasteiger partial charge in [0.2, 0.25) is 5.91 Å². The second-order valence-corrected chi connectivity index (χ2v) is 5.06. The van der Waals surface area contributed by atoms with E-state index in [0.717, 1.165) is 19.4 Å². The second kappa shape index (κ2) is 9.21. The number of aromatic nitrogens is 2. The zero-order valence-corrected chi connectivity index (χ0v) is 13.4. The molecular formula is C13H24Cl2N4O. The van der Waals surface area contributed by atoms with Crippen molar-refractivity contribution in [3.8, 4) is 0 Å². The van der Waals surface area contributed by atoms with Crippen molar-refractivity contribution in [2.24, 2.45) is 5.73 Å². The van der Waals surface area contributed by atoms with E-state index in [1.54, 1.807) is 12.5 Å². The van der Waals surface area contributed by atoms with E-state index in [1.165, 1.54) is 6.42 Å². The number of hydrogen-bond donors (Lipinski definition) is 1. The molecule has 1 aliphatic rings. The molecule has 2 unspecified atom stereocenters. The van der Waals surface area contributed by atoms with Crippen molar-refractivity contribution in [1.82, 2.24) is 14.5 Å². The Morgan fingerprint density at radius 2 is 2.20 bits per heavy atom. The molecule has 7 heteroatoms. The zero-order chi connectivity index (χ0) is 13.0. The molecule has 2 rings (SSSR count). The first-order valence-corrected chi connectivity index (χ1v) is 6.69. The highest BCUT2D eigenvalue weighted by atomic mass is 35.5. The maximum absolute atomic E-state index is 12.2. The summed E-state index contributed by atoms with van der Waals surface area (Å²) in [5.41, 5.74) is 5.98. The highest BCUT2D eigenvalue weighted by molar-refractivity contribution is 5.85. The summed E-state index contributed by atoms with van der Waals surface area (Å²) in [5.74, 6) is 0.214. The first kappa shape index (κ1) is 19.2. The Morgan fingerprint density at radius 3 is 2.80 bits per heavy atom. The van der Waals surface area contributed by atoms with Gasteiger partial charge in [-0.25, -0.2) is 4.98 Å². The molecule has 116 valence electrons. The van der Waals surface area contributed by atoms with Gasteiger partial charge in [0.05, 0.1) is 6.33 Å². The maximum Gasteiger partial charge on any atom is 0.224 e. The van der Waals surface area contributed by atoms with E-state index < -0.39 is 0 Å². The first-order chi connectivity index (χ1) is 8.68. The number of likely N-dealkylation sites (tertiary alicyclic amines) is 1. The zero-order valence-electron chi connectivity index (χ0n) is 11.8. The normalized spacial score (nSPS) is 19.7. The molecular weight excluding hydrogens is 299 g/mol. The molecule has 2 heterocycles. The van der Waals surface area contributed by atoms with E-state index in [-0.39, 0.29) is 42.8 Å². The van der Waals surface area contributed by atoms with Crippen molar-refractivity contribution in [3.63, 3.8) is 0 Å². The average Bonchev–Trinajstić information content (AvgIpc) is 2.89. The van der Waals surface area contributed by atoms with Crippen LogP contribution in [0.15, 0.2) is 18.7 Å². The van der Waals surface area contributed by atoms with Crippen LogP contribution in [0.2, 0.25) is 0 Å². The van der Waals surface area contributed by atoms with Crippen LogP contribution < -0.4 is 5.73 Å². The SMILES string of the molecule is CC(N)C1CCCCN1C(=O)CCn1ccnc1.Cl.Cl. The molecule has 20 heavy (non-hydrogen) atoms. The summed E-state index contributed by atoms with van der Waals surface area (Å²) in [6.45, 7) is 3.54. The van der Waals surface area contributed by atoms with Gasteiger partial charge in [0.15, 0.2) is 0 Å². The molecule has 0 aliphatic carbocycles. The van der Waals surface area contributed by atoms with E-state index >= 15 is 0 Å². The van der Waals surface area contributed by atoms with Crippen LogP contribution in [0, 0.1) is 0 Å². The highest BCUT2D eigenvalue weighted by Gasteiger charge is 2.28. The number of amides is 1. The Morgan fingerprint density at radius 1 is 1.45 bits per heavy atom. The molecule has 0 bridgehead atoms. The van der Waals surface area contributed by atoms with Gasteiger partial charge in [0, 0.05) is 44.0 Å². The third kappa shape index (κ3) is 4.96. The maximum atomic E-state index is 12.2. The van der Waals surface area contributed by atoms with Crippen molar-refractivity contribution < 1.29 is 4.79 Å². The summed E-state index contributed by atoms with van der Waals surface area (Å²) in [6, 6.07) is 0.275. The Labute approximate surface area is 132 Å². The van der Waals surface area contributed by atoms with E-state index in [2.05, 4.69) is 4.98 Å². The van der Waals surface area contributed by atoms with Crippen molar-refractivity contribution in [2.75, 3.05) is 6.54 Å². The molecule has 1 aromatic rings. The summed E-state index contributed by atoms with van der Waals surface area (Å²) in [5, 5.41) is 0. The third-order valence-electron chi connectivity index (χ3n) is 3.62. The van der Waals surface area contributed by atoms with Gasteiger partial charge < -0.3 is 15.2 Å². The van der Waals surface area contributed by atoms with Crippen molar-refractivity contribution in [1.29, 1.82) is 0 Å². The van der Waals surface area contributed by atoms with Gasteiger partial charge in [-0.3, -0.25) is 4.79 Å². The van der Waals surface area contributed by atoms with E-state index in [4.69, 9.17) is 5.73 Å². The van der Waals surface area contributed by atoms with Crippen LogP contribution in [0.1, 0.15) is 32.6 Å². The molecule has 0 aromatic carbocycles. The van der Waals surface area contributed by atoms with Gasteiger partial charge in [-0.2, -0.15) is 0 Å². The fourth-order valence-corrected chi connectivity index (χ4v) is 2.60. The van der Waals surface area contributed by atoms with Crippen LogP contribution in [0.25, 0.3) is 0 Å². The highest BCUT2D eigenvalue weighted by Crippen LogP contribution is 2.20. The van der Waals surface area contributed by atoms with E-state index in [9.17, 15) is 4.79 Å². The second-order valence-electron chi connectivity index (χ2n) is 5.06. The third-order valence-corrected chi connectivity index (χ3v) is 3.62. The number of halogens is 2. The Bertz CT molecular complexity index is 384. The molecule has 1 fully saturated rings. The lowest BCUT2D eigenvalue weighted by molar-refractivity contribution is -0.135. The van der Waals surface area contributed by atoms with Gasteiger partial charge in [0.25, 0.3) is 0 Å². The number of hydrogen-bond acceptors (Lipinski definition) is 3. The quantitative estimate of drug-likeness (QED) is 0.920. The predicted octanol–water partition coefficient (Wildman–Crippen LogP) is 1.85. The predicted molar refractivity (Wildman–Crippen MR) is 84.3 cm³/mol. The van der Waals surface area contributed by atoms with Crippen LogP contribution in [0.3, 0.4) is 0 Å². The summed E-state index contributed by atoms with van der Waals surface area (Å²) in [4.78, 5) is 18.2. The van der Waals surface area contributed by atoms with Crippen molar-refractivity contribution >= 4 is 30.7 Å². The van der Waals surface area contributed by atoms with Crippen molar-refractivity contribution in [2.45, 2.75) is 51.2 Å². The Hall–Kier alpha value is -0.780. The lowest BCUT2D eigenvalue weighted by Gasteiger charge is -2.38. The lowest BCUT2D eigenvalue weighted by Crippen LogP contribution is -2.51. The largest absolute Gasteiger partial charge is 0.338 e. The van der Waals surface area contributed by atoms with Crippen LogP contribution in [0.4, 0.5) is 0 Å². The number of carbonyl (C=O) groups excluding carboxylic acids is 1. The number of piperidine rings is 1. The van der Waals surface area contributed by atoms with Gasteiger partial charge in [-0.15, -0.1) is 24.8 Å². The molecule has 1 aromatic heterocycles. The summed E-state index contributed by atoms with van der Waals surface area (Å²) in [7, 11) is 0. The van der Waals surface area contributed by atoms with Gasteiger partial charge in [-0.05, 0) is 26.2 Å². The first-order valence-electron chi connectivity index (χ1n) is 6.69. The molecule has 0 radical (unpaired) electrons. The van der Waals surface area contributed by atoms with Crippen molar-refractivity contribution in [3.05, 3.63) is 18.7 Å².